The molecule has 1 aromatic heterocycles. The van der Waals surface area contributed by atoms with Crippen LogP contribution in [0.4, 0.5) is 3.89 Å². The monoisotopic (exact) mass is 291 g/mol. The van der Waals surface area contributed by atoms with Crippen LogP contribution in [0.25, 0.3) is 11.3 Å². The molecule has 0 amide bonds. The van der Waals surface area contributed by atoms with Gasteiger partial charge in [0.1, 0.15) is 11.4 Å². The Morgan fingerprint density at radius 1 is 1.39 bits per heavy atom. The van der Waals surface area contributed by atoms with Crippen molar-refractivity contribution >= 4 is 21.8 Å². The molecule has 96 valence electrons. The summed E-state index contributed by atoms with van der Waals surface area (Å²) < 4.78 is 43.2. The zero-order valence-corrected chi connectivity index (χ0v) is 10.6. The average Bonchev–Trinajstić information content (AvgIpc) is 2.77. The summed E-state index contributed by atoms with van der Waals surface area (Å²) in [6.07, 6.45) is 0. The molecule has 0 aliphatic rings. The molecule has 0 fully saturated rings. The van der Waals surface area contributed by atoms with Gasteiger partial charge in [-0.1, -0.05) is 20.6 Å². The van der Waals surface area contributed by atoms with Crippen LogP contribution in [0.15, 0.2) is 33.9 Å². The Morgan fingerprint density at radius 2 is 2.11 bits per heavy atom. The molecule has 0 spiro atoms. The Labute approximate surface area is 107 Å². The van der Waals surface area contributed by atoms with Gasteiger partial charge in [-0.15, -0.1) is 0 Å². The third-order valence-corrected chi connectivity index (χ3v) is 3.14. The van der Waals surface area contributed by atoms with Gasteiger partial charge in [-0.05, 0) is 18.2 Å². The van der Waals surface area contributed by atoms with Crippen LogP contribution in [-0.4, -0.2) is 20.7 Å². The first-order valence-electron chi connectivity index (χ1n) is 4.67. The fourth-order valence-corrected chi connectivity index (χ4v) is 1.97. The van der Waals surface area contributed by atoms with E-state index in [0.29, 0.717) is 16.3 Å². The molecule has 1 heterocycles. The summed E-state index contributed by atoms with van der Waals surface area (Å²) in [5.41, 5.74) is 0.648. The summed E-state index contributed by atoms with van der Waals surface area (Å²) in [5, 5.41) is 2.93. The van der Waals surface area contributed by atoms with Gasteiger partial charge in [-0.25, -0.2) is 0 Å². The van der Waals surface area contributed by atoms with Crippen molar-refractivity contribution in [1.82, 2.24) is 5.16 Å². The summed E-state index contributed by atoms with van der Waals surface area (Å²) >= 11 is 5.90. The third-order valence-electron chi connectivity index (χ3n) is 2.18. The average molecular weight is 292 g/mol. The maximum Gasteiger partial charge on any atom is 0.368 e. The first-order valence-corrected chi connectivity index (χ1v) is 6.43. The second kappa shape index (κ2) is 4.58. The number of halogens is 2. The number of ether oxygens (including phenoxy) is 1. The van der Waals surface area contributed by atoms with E-state index in [4.69, 9.17) is 16.3 Å². The highest BCUT2D eigenvalue weighted by atomic mass is 35.5. The van der Waals surface area contributed by atoms with Gasteiger partial charge in [0.05, 0.1) is 12.1 Å². The van der Waals surface area contributed by atoms with Crippen molar-refractivity contribution in [3.8, 4) is 17.0 Å². The number of hydrogen-bond donors (Lipinski definition) is 0. The van der Waals surface area contributed by atoms with Gasteiger partial charge in [-0.3, -0.25) is 0 Å². The fraction of sp³-hybridized carbons (Fsp3) is 0.100. The van der Waals surface area contributed by atoms with Crippen LogP contribution in [0.5, 0.6) is 5.75 Å². The minimum atomic E-state index is -4.90. The molecule has 0 unspecified atom stereocenters. The Balaban J connectivity index is 2.44. The predicted molar refractivity (Wildman–Crippen MR) is 61.8 cm³/mol. The van der Waals surface area contributed by atoms with Crippen LogP contribution in [-0.2, 0) is 10.2 Å². The predicted octanol–water partition coefficient (Wildman–Crippen LogP) is 2.66. The second-order valence-corrected chi connectivity index (χ2v) is 5.00. The van der Waals surface area contributed by atoms with E-state index in [1.807, 2.05) is 0 Å². The van der Waals surface area contributed by atoms with Crippen molar-refractivity contribution in [1.29, 1.82) is 0 Å². The smallest absolute Gasteiger partial charge is 0.368 e. The molecule has 0 bridgehead atoms. The first-order chi connectivity index (χ1) is 8.41. The molecular formula is C10H7ClFNO4S. The van der Waals surface area contributed by atoms with Crippen molar-refractivity contribution < 1.29 is 21.6 Å². The molecule has 0 atom stereocenters. The zero-order valence-electron chi connectivity index (χ0n) is 9.05. The molecule has 0 saturated carbocycles. The molecule has 5 nitrogen and oxygen atoms in total. The number of benzene rings is 1. The van der Waals surface area contributed by atoms with E-state index in [1.54, 1.807) is 12.1 Å². The Bertz CT molecular complexity index is 683. The van der Waals surface area contributed by atoms with Crippen molar-refractivity contribution in [2.24, 2.45) is 0 Å². The lowest BCUT2D eigenvalue weighted by Gasteiger charge is -2.03. The maximum atomic E-state index is 12.6. The first kappa shape index (κ1) is 12.8. The van der Waals surface area contributed by atoms with Gasteiger partial charge in [0.25, 0.3) is 5.09 Å². The number of rotatable bonds is 3. The summed E-state index contributed by atoms with van der Waals surface area (Å²) in [5.74, 6) is 0.460. The topological polar surface area (TPSA) is 69.4 Å². The normalized spacial score (nSPS) is 11.5. The Hall–Kier alpha value is -1.60. The van der Waals surface area contributed by atoms with Crippen molar-refractivity contribution in [3.05, 3.63) is 29.3 Å². The second-order valence-electron chi connectivity index (χ2n) is 3.32. The summed E-state index contributed by atoms with van der Waals surface area (Å²) in [6, 6.07) is 5.66. The van der Waals surface area contributed by atoms with Gasteiger partial charge in [0.15, 0.2) is 0 Å². The van der Waals surface area contributed by atoms with Gasteiger partial charge in [0, 0.05) is 11.6 Å². The van der Waals surface area contributed by atoms with E-state index >= 15 is 0 Å². The highest BCUT2D eigenvalue weighted by Gasteiger charge is 2.19. The zero-order chi connectivity index (χ0) is 13.3. The van der Waals surface area contributed by atoms with Gasteiger partial charge in [0.2, 0.25) is 0 Å². The minimum absolute atomic E-state index is 0.163. The minimum Gasteiger partial charge on any atom is -0.495 e. The van der Waals surface area contributed by atoms with E-state index in [1.165, 1.54) is 13.2 Å². The van der Waals surface area contributed by atoms with Gasteiger partial charge < -0.3 is 9.26 Å². The molecule has 0 aliphatic carbocycles. The van der Waals surface area contributed by atoms with Gasteiger partial charge >= 0.3 is 10.2 Å². The summed E-state index contributed by atoms with van der Waals surface area (Å²) in [7, 11) is -3.44. The molecular weight excluding hydrogens is 285 g/mol. The van der Waals surface area contributed by atoms with E-state index in [0.717, 1.165) is 6.07 Å². The molecule has 0 aliphatic heterocycles. The van der Waals surface area contributed by atoms with Crippen molar-refractivity contribution in [2.45, 2.75) is 5.09 Å². The molecule has 1 aromatic carbocycles. The molecule has 8 heteroatoms. The lowest BCUT2D eigenvalue weighted by Crippen LogP contribution is -1.87. The molecule has 0 saturated heterocycles. The molecule has 0 radical (unpaired) electrons. The fourth-order valence-electron chi connectivity index (χ4n) is 1.34. The standard InChI is InChI=1S/C10H7ClFNO4S/c1-16-9-3-2-6(4-7(9)11)8-5-10(17-13-8)18(12,14)15/h2-5H,1H3. The highest BCUT2D eigenvalue weighted by Crippen LogP contribution is 2.30. The molecule has 0 N–H and O–H groups in total. The maximum absolute atomic E-state index is 12.6. The van der Waals surface area contributed by atoms with Crippen LogP contribution in [0.3, 0.4) is 0 Å². The lowest BCUT2D eigenvalue weighted by atomic mass is 10.1. The Morgan fingerprint density at radius 3 is 2.61 bits per heavy atom. The Kier molecular flexibility index (Phi) is 3.27. The highest BCUT2D eigenvalue weighted by molar-refractivity contribution is 7.86. The molecule has 18 heavy (non-hydrogen) atoms. The van der Waals surface area contributed by atoms with Crippen molar-refractivity contribution in [3.63, 3.8) is 0 Å². The van der Waals surface area contributed by atoms with Crippen LogP contribution in [0, 0.1) is 0 Å². The van der Waals surface area contributed by atoms with Crippen LogP contribution < -0.4 is 4.74 Å². The van der Waals surface area contributed by atoms with Crippen molar-refractivity contribution in [2.75, 3.05) is 7.11 Å². The van der Waals surface area contributed by atoms with E-state index in [-0.39, 0.29) is 5.69 Å². The molecule has 2 rings (SSSR count). The summed E-state index contributed by atoms with van der Waals surface area (Å²) in [4.78, 5) is 0. The number of hydrogen-bond acceptors (Lipinski definition) is 5. The van der Waals surface area contributed by atoms with E-state index in [2.05, 4.69) is 9.68 Å². The summed E-state index contributed by atoms with van der Waals surface area (Å²) in [6.45, 7) is 0. The van der Waals surface area contributed by atoms with Crippen LogP contribution in [0.2, 0.25) is 5.02 Å². The number of methoxy groups -OCH3 is 1. The van der Waals surface area contributed by atoms with Crippen LogP contribution >= 0.6 is 11.6 Å². The number of nitrogens with zero attached hydrogens (tertiary/aromatic N) is 1. The van der Waals surface area contributed by atoms with E-state index < -0.39 is 15.3 Å². The molecule has 2 aromatic rings. The lowest BCUT2D eigenvalue weighted by molar-refractivity contribution is 0.334. The largest absolute Gasteiger partial charge is 0.495 e. The SMILES string of the molecule is COc1ccc(-c2cc(S(=O)(=O)F)on2)cc1Cl. The quantitative estimate of drug-likeness (QED) is 0.813. The third kappa shape index (κ3) is 2.46. The number of aromatic nitrogens is 1. The van der Waals surface area contributed by atoms with Gasteiger partial charge in [-0.2, -0.15) is 8.42 Å². The van der Waals surface area contributed by atoms with E-state index in [9.17, 15) is 12.3 Å². The van der Waals surface area contributed by atoms with Crippen LogP contribution in [0.1, 0.15) is 0 Å².